The van der Waals surface area contributed by atoms with Gasteiger partial charge in [0.1, 0.15) is 5.82 Å². The molecule has 4 rings (SSSR count). The molecule has 4 N–H and O–H groups in total. The van der Waals surface area contributed by atoms with Crippen molar-refractivity contribution in [2.45, 2.75) is 12.3 Å². The number of fused-ring (bicyclic) bond motifs is 1. The molecule has 2 heterocycles. The lowest BCUT2D eigenvalue weighted by molar-refractivity contribution is -0.384. The maximum atomic E-state index is 12.9. The number of non-ortho nitro benzene ring substituents is 1. The molecular weight excluding hydrogens is 475 g/mol. The Hall–Kier alpha value is -3.96. The van der Waals surface area contributed by atoms with Crippen molar-refractivity contribution in [3.63, 3.8) is 0 Å². The molecule has 13 heteroatoms. The first kappa shape index (κ1) is 22.2. The fourth-order valence-corrected chi connectivity index (χ4v) is 3.87. The summed E-state index contributed by atoms with van der Waals surface area (Å²) in [4.78, 5) is 55.0. The number of hydrogen-bond acceptors (Lipinski definition) is 7. The molecule has 33 heavy (non-hydrogen) atoms. The second-order valence-corrected chi connectivity index (χ2v) is 7.93. The number of benzene rings is 2. The van der Waals surface area contributed by atoms with Gasteiger partial charge in [0.15, 0.2) is 0 Å². The van der Waals surface area contributed by atoms with Crippen LogP contribution in [0.3, 0.4) is 0 Å². The lowest BCUT2D eigenvalue weighted by atomic mass is 9.92. The second-order valence-electron chi connectivity index (χ2n) is 7.06. The number of H-pyrrole nitrogens is 1. The molecule has 0 spiro atoms. The van der Waals surface area contributed by atoms with Gasteiger partial charge in [-0.05, 0) is 24.3 Å². The number of carbonyl (C=O) groups is 2. The minimum absolute atomic E-state index is 0.00266. The van der Waals surface area contributed by atoms with Crippen molar-refractivity contribution in [1.82, 2.24) is 9.97 Å². The normalized spacial score (nSPS) is 14.7. The zero-order chi connectivity index (χ0) is 23.7. The van der Waals surface area contributed by atoms with Gasteiger partial charge in [0.2, 0.25) is 17.8 Å². The summed E-state index contributed by atoms with van der Waals surface area (Å²) in [7, 11) is 0. The molecule has 0 saturated carbocycles. The lowest BCUT2D eigenvalue weighted by Crippen LogP contribution is -2.36. The maximum absolute atomic E-state index is 12.9. The summed E-state index contributed by atoms with van der Waals surface area (Å²) in [5.74, 6) is -2.43. The van der Waals surface area contributed by atoms with Crippen LogP contribution in [0.4, 0.5) is 28.8 Å². The van der Waals surface area contributed by atoms with Crippen molar-refractivity contribution < 1.29 is 14.5 Å². The molecule has 3 aromatic rings. The molecule has 0 saturated heterocycles. The molecule has 2 amide bonds. The third kappa shape index (κ3) is 4.94. The number of aromatic nitrogens is 2. The fraction of sp³-hybridized carbons (Fsp3) is 0.100. The molecule has 11 nitrogen and oxygen atoms in total. The van der Waals surface area contributed by atoms with Crippen LogP contribution in [-0.4, -0.2) is 26.7 Å². The van der Waals surface area contributed by atoms with Crippen LogP contribution in [0.1, 0.15) is 17.9 Å². The van der Waals surface area contributed by atoms with Gasteiger partial charge in [-0.15, -0.1) is 0 Å². The van der Waals surface area contributed by atoms with Gasteiger partial charge in [-0.25, -0.2) is 0 Å². The Bertz CT molecular complexity index is 1340. The Morgan fingerprint density at radius 2 is 1.85 bits per heavy atom. The average Bonchev–Trinajstić information content (AvgIpc) is 2.72. The summed E-state index contributed by atoms with van der Waals surface area (Å²) in [5.41, 5.74) is -0.298. The Morgan fingerprint density at radius 3 is 2.55 bits per heavy atom. The van der Waals surface area contributed by atoms with Crippen LogP contribution in [0.15, 0.2) is 47.3 Å². The van der Waals surface area contributed by atoms with Crippen molar-refractivity contribution >= 4 is 63.8 Å². The zero-order valence-electron chi connectivity index (χ0n) is 16.5. The van der Waals surface area contributed by atoms with Crippen LogP contribution in [0.5, 0.6) is 0 Å². The molecule has 1 aliphatic rings. The first-order valence-corrected chi connectivity index (χ1v) is 10.2. The van der Waals surface area contributed by atoms with Gasteiger partial charge in [-0.1, -0.05) is 29.3 Å². The summed E-state index contributed by atoms with van der Waals surface area (Å²) in [6.07, 6.45) is -0.296. The van der Waals surface area contributed by atoms with Gasteiger partial charge in [-0.2, -0.15) is 4.98 Å². The predicted octanol–water partition coefficient (Wildman–Crippen LogP) is 3.79. The topological polar surface area (TPSA) is 159 Å². The van der Waals surface area contributed by atoms with E-state index in [9.17, 15) is 24.5 Å². The maximum Gasteiger partial charge on any atom is 0.271 e. The van der Waals surface area contributed by atoms with Crippen molar-refractivity contribution in [2.24, 2.45) is 0 Å². The van der Waals surface area contributed by atoms with E-state index >= 15 is 0 Å². The van der Waals surface area contributed by atoms with Crippen molar-refractivity contribution in [3.05, 3.63) is 78.5 Å². The third-order valence-electron chi connectivity index (χ3n) is 4.72. The molecule has 2 aromatic carbocycles. The Labute approximate surface area is 195 Å². The number of aromatic amines is 1. The van der Waals surface area contributed by atoms with E-state index < -0.39 is 28.2 Å². The highest BCUT2D eigenvalue weighted by Crippen LogP contribution is 2.31. The molecule has 168 valence electrons. The molecule has 0 fully saturated rings. The minimum atomic E-state index is -1.15. The number of nitrogens with one attached hydrogen (secondary N) is 4. The molecule has 1 aliphatic heterocycles. The average molecular weight is 489 g/mol. The van der Waals surface area contributed by atoms with E-state index in [2.05, 4.69) is 25.9 Å². The number of anilines is 4. The van der Waals surface area contributed by atoms with Crippen molar-refractivity contribution in [1.29, 1.82) is 0 Å². The lowest BCUT2D eigenvalue weighted by Gasteiger charge is -2.23. The third-order valence-corrected chi connectivity index (χ3v) is 5.15. The predicted molar refractivity (Wildman–Crippen MR) is 122 cm³/mol. The number of nitro benzene ring substituents is 1. The molecule has 1 atom stereocenters. The molecule has 0 radical (unpaired) electrons. The quantitative estimate of drug-likeness (QED) is 0.313. The molecular formula is C20H14Cl2N6O5. The largest absolute Gasteiger partial charge is 0.326 e. The zero-order valence-corrected chi connectivity index (χ0v) is 18.0. The number of rotatable bonds is 5. The van der Waals surface area contributed by atoms with E-state index in [1.807, 2.05) is 0 Å². The van der Waals surface area contributed by atoms with E-state index in [1.54, 1.807) is 12.1 Å². The fourth-order valence-electron chi connectivity index (χ4n) is 3.34. The highest BCUT2D eigenvalue weighted by atomic mass is 35.5. The Balaban J connectivity index is 1.63. The molecule has 0 unspecified atom stereocenters. The minimum Gasteiger partial charge on any atom is -0.326 e. The number of halogens is 2. The number of amides is 2. The van der Waals surface area contributed by atoms with Gasteiger partial charge >= 0.3 is 0 Å². The number of carbonyl (C=O) groups excluding carboxylic acids is 2. The summed E-state index contributed by atoms with van der Waals surface area (Å²) >= 11 is 11.9. The Morgan fingerprint density at radius 1 is 1.12 bits per heavy atom. The van der Waals surface area contributed by atoms with Crippen LogP contribution in [0.25, 0.3) is 0 Å². The van der Waals surface area contributed by atoms with Crippen LogP contribution >= 0.6 is 23.2 Å². The summed E-state index contributed by atoms with van der Waals surface area (Å²) < 4.78 is 0. The number of nitro groups is 1. The highest BCUT2D eigenvalue weighted by Gasteiger charge is 2.35. The SMILES string of the molecule is O=C1C[C@H](C(=O)Nc2cccc([N+](=O)[O-])c2)c2c(nc(Nc3cc(Cl)cc(Cl)c3)[nH]c2=O)N1. The van der Waals surface area contributed by atoms with Gasteiger partial charge in [0.05, 0.1) is 16.4 Å². The van der Waals surface area contributed by atoms with Crippen molar-refractivity contribution in [3.8, 4) is 0 Å². The monoisotopic (exact) mass is 488 g/mol. The second kappa shape index (κ2) is 8.88. The highest BCUT2D eigenvalue weighted by molar-refractivity contribution is 6.35. The van der Waals surface area contributed by atoms with Crippen LogP contribution in [0.2, 0.25) is 10.0 Å². The summed E-state index contributed by atoms with van der Waals surface area (Å²) in [6.45, 7) is 0. The van der Waals surface area contributed by atoms with Gasteiger partial charge < -0.3 is 16.0 Å². The van der Waals surface area contributed by atoms with E-state index in [1.165, 1.54) is 30.3 Å². The molecule has 0 bridgehead atoms. The number of hydrogen-bond donors (Lipinski definition) is 4. The van der Waals surface area contributed by atoms with E-state index in [4.69, 9.17) is 23.2 Å². The van der Waals surface area contributed by atoms with Gasteiger partial charge in [0.25, 0.3) is 11.2 Å². The summed E-state index contributed by atoms with van der Waals surface area (Å²) in [6, 6.07) is 9.95. The van der Waals surface area contributed by atoms with Crippen LogP contribution in [0, 0.1) is 10.1 Å². The number of nitrogens with zero attached hydrogens (tertiary/aromatic N) is 2. The van der Waals surface area contributed by atoms with E-state index in [0.29, 0.717) is 15.7 Å². The Kier molecular flexibility index (Phi) is 5.99. The van der Waals surface area contributed by atoms with Gasteiger partial charge in [-0.3, -0.25) is 29.5 Å². The molecule has 1 aromatic heterocycles. The van der Waals surface area contributed by atoms with E-state index in [0.717, 1.165) is 0 Å². The van der Waals surface area contributed by atoms with E-state index in [-0.39, 0.29) is 35.1 Å². The first-order chi connectivity index (χ1) is 15.7. The first-order valence-electron chi connectivity index (χ1n) is 9.42. The van der Waals surface area contributed by atoms with Crippen LogP contribution in [-0.2, 0) is 9.59 Å². The summed E-state index contributed by atoms with van der Waals surface area (Å²) in [5, 5.41) is 19.5. The van der Waals surface area contributed by atoms with Crippen molar-refractivity contribution in [2.75, 3.05) is 16.0 Å². The van der Waals surface area contributed by atoms with Gasteiger partial charge in [0, 0.05) is 40.0 Å². The standard InChI is InChI=1S/C20H14Cl2N6O5/c21-9-4-10(22)6-12(5-9)24-20-26-17-16(19(31)27-20)14(8-15(29)25-17)18(30)23-11-2-1-3-13(7-11)28(32)33/h1-7,14H,8H2,(H,23,30)(H3,24,25,26,27,29,31)/t14-/m0/s1. The molecule has 0 aliphatic carbocycles. The smallest absolute Gasteiger partial charge is 0.271 e. The van der Waals surface area contributed by atoms with Crippen LogP contribution < -0.4 is 21.5 Å².